The predicted molar refractivity (Wildman–Crippen MR) is 76.1 cm³/mol. The predicted octanol–water partition coefficient (Wildman–Crippen LogP) is 3.69. The highest BCUT2D eigenvalue weighted by atomic mass is 19.3. The topological polar surface area (TPSA) is 75.6 Å². The maximum Gasteiger partial charge on any atom is 0.412 e. The second-order valence-corrected chi connectivity index (χ2v) is 6.11. The summed E-state index contributed by atoms with van der Waals surface area (Å²) in [5, 5.41) is 9.41. The van der Waals surface area contributed by atoms with Crippen molar-refractivity contribution in [3.8, 4) is 0 Å². The molecule has 140 valence electrons. The fourth-order valence-corrected chi connectivity index (χ4v) is 1.83. The Hall–Kier alpha value is -2.39. The molecule has 0 heterocycles. The molecule has 0 aliphatic rings. The first kappa shape index (κ1) is 20.7. The maximum atomic E-state index is 14.7. The van der Waals surface area contributed by atoms with Gasteiger partial charge in [0.15, 0.2) is 0 Å². The van der Waals surface area contributed by atoms with E-state index in [9.17, 15) is 31.5 Å². The highest BCUT2D eigenvalue weighted by Crippen LogP contribution is 2.49. The quantitative estimate of drug-likeness (QED) is 0.613. The lowest BCUT2D eigenvalue weighted by atomic mass is 9.87. The monoisotopic (exact) mass is 369 g/mol. The number of benzene rings is 1. The summed E-state index contributed by atoms with van der Waals surface area (Å²) in [6.07, 6.45) is -1.96. The zero-order chi connectivity index (χ0) is 19.7. The molecule has 5 nitrogen and oxygen atoms in total. The van der Waals surface area contributed by atoms with E-state index >= 15 is 0 Å². The van der Waals surface area contributed by atoms with Gasteiger partial charge in [-0.25, -0.2) is 14.0 Å². The summed E-state index contributed by atoms with van der Waals surface area (Å²) in [5.41, 5.74) is -7.31. The van der Waals surface area contributed by atoms with E-state index in [4.69, 9.17) is 5.11 Å². The second kappa shape index (κ2) is 6.49. The highest BCUT2D eigenvalue weighted by Gasteiger charge is 2.75. The van der Waals surface area contributed by atoms with Crippen LogP contribution in [0.5, 0.6) is 0 Å². The van der Waals surface area contributed by atoms with Crippen molar-refractivity contribution in [1.29, 1.82) is 0 Å². The fraction of sp³-hybridized carbons (Fsp3) is 0.467. The number of hydrogen-bond donors (Lipinski definition) is 2. The van der Waals surface area contributed by atoms with Crippen molar-refractivity contribution in [2.24, 2.45) is 0 Å². The Morgan fingerprint density at radius 3 is 1.88 bits per heavy atom. The van der Waals surface area contributed by atoms with Gasteiger partial charge in [0.1, 0.15) is 5.60 Å². The van der Waals surface area contributed by atoms with E-state index in [2.05, 4.69) is 4.74 Å². The molecule has 2 N–H and O–H groups in total. The number of aliphatic carboxylic acids is 1. The van der Waals surface area contributed by atoms with Gasteiger partial charge in [0.25, 0.3) is 0 Å². The molecule has 0 aliphatic carbocycles. The van der Waals surface area contributed by atoms with E-state index in [1.807, 2.05) is 0 Å². The largest absolute Gasteiger partial charge is 0.478 e. The third kappa shape index (κ3) is 3.99. The van der Waals surface area contributed by atoms with E-state index in [-0.39, 0.29) is 0 Å². The molecule has 1 unspecified atom stereocenters. The van der Waals surface area contributed by atoms with Gasteiger partial charge in [0.05, 0.1) is 0 Å². The highest BCUT2D eigenvalue weighted by molar-refractivity contribution is 5.81. The van der Waals surface area contributed by atoms with Crippen LogP contribution >= 0.6 is 0 Å². The number of amides is 1. The van der Waals surface area contributed by atoms with Gasteiger partial charge in [-0.15, -0.1) is 0 Å². The Morgan fingerprint density at radius 2 is 1.48 bits per heavy atom. The van der Waals surface area contributed by atoms with Crippen LogP contribution in [0.4, 0.5) is 26.7 Å². The van der Waals surface area contributed by atoms with Gasteiger partial charge < -0.3 is 9.84 Å². The first-order chi connectivity index (χ1) is 11.1. The summed E-state index contributed by atoms with van der Waals surface area (Å²) >= 11 is 0. The molecule has 1 aromatic carbocycles. The van der Waals surface area contributed by atoms with Gasteiger partial charge in [-0.3, -0.25) is 5.32 Å². The van der Waals surface area contributed by atoms with Crippen molar-refractivity contribution >= 4 is 12.1 Å². The number of nitrogens with one attached hydrogen (secondary N) is 1. The van der Waals surface area contributed by atoms with Crippen LogP contribution in [0.2, 0.25) is 0 Å². The lowest BCUT2D eigenvalue weighted by Crippen LogP contribution is -2.64. The van der Waals surface area contributed by atoms with Gasteiger partial charge >= 0.3 is 29.7 Å². The van der Waals surface area contributed by atoms with Crippen molar-refractivity contribution in [1.82, 2.24) is 5.32 Å². The third-order valence-electron chi connectivity index (χ3n) is 2.95. The third-order valence-corrected chi connectivity index (χ3v) is 2.95. The van der Waals surface area contributed by atoms with Crippen molar-refractivity contribution < 1.29 is 41.4 Å². The molecule has 0 spiro atoms. The van der Waals surface area contributed by atoms with Gasteiger partial charge in [0.2, 0.25) is 0 Å². The molecule has 1 amide bonds. The Kier molecular flexibility index (Phi) is 5.36. The molecule has 0 aromatic heterocycles. The van der Waals surface area contributed by atoms with Crippen molar-refractivity contribution in [2.75, 3.05) is 0 Å². The molecule has 10 heteroatoms. The molecule has 1 rings (SSSR count). The van der Waals surface area contributed by atoms with E-state index in [0.29, 0.717) is 17.4 Å². The SMILES string of the molecule is CC(C)(C)OC(=O)NC(F)(F)C(F)(F)C(F)(C(=O)O)c1ccccc1. The molecule has 0 saturated carbocycles. The van der Waals surface area contributed by atoms with E-state index in [1.165, 1.54) is 26.8 Å². The first-order valence-electron chi connectivity index (χ1n) is 6.90. The number of alkyl carbamates (subject to hydrolysis) is 1. The Balaban J connectivity index is 3.29. The number of halogens is 5. The molecule has 25 heavy (non-hydrogen) atoms. The van der Waals surface area contributed by atoms with Crippen LogP contribution in [-0.2, 0) is 15.2 Å². The standard InChI is InChI=1S/C15H16F5NO4/c1-12(2,3)25-11(24)21-15(19,20)14(17,18)13(16,10(22)23)9-7-5-4-6-8-9/h4-8H,1-3H3,(H,21,24)(H,22,23). The smallest absolute Gasteiger partial charge is 0.412 e. The number of carboxylic acid groups (broad SMARTS) is 1. The zero-order valence-corrected chi connectivity index (χ0v) is 13.4. The molecule has 0 aliphatic heterocycles. The number of ether oxygens (including phenoxy) is 1. The van der Waals surface area contributed by atoms with Crippen molar-refractivity contribution in [3.05, 3.63) is 35.9 Å². The van der Waals surface area contributed by atoms with Crippen LogP contribution in [0.15, 0.2) is 30.3 Å². The van der Waals surface area contributed by atoms with Crippen LogP contribution in [0.3, 0.4) is 0 Å². The Bertz CT molecular complexity index is 645. The molecular weight excluding hydrogens is 353 g/mol. The summed E-state index contributed by atoms with van der Waals surface area (Å²) < 4.78 is 75.3. The van der Waals surface area contributed by atoms with Crippen molar-refractivity contribution in [2.45, 2.75) is 44.0 Å². The number of rotatable bonds is 5. The van der Waals surface area contributed by atoms with Crippen LogP contribution in [0.25, 0.3) is 0 Å². The Morgan fingerprint density at radius 1 is 1.00 bits per heavy atom. The molecule has 0 bridgehead atoms. The van der Waals surface area contributed by atoms with Crippen molar-refractivity contribution in [3.63, 3.8) is 0 Å². The summed E-state index contributed by atoms with van der Waals surface area (Å²) in [4.78, 5) is 22.4. The average Bonchev–Trinajstić information content (AvgIpc) is 2.43. The van der Waals surface area contributed by atoms with Crippen LogP contribution < -0.4 is 5.32 Å². The summed E-state index contributed by atoms with van der Waals surface area (Å²) in [7, 11) is 0. The summed E-state index contributed by atoms with van der Waals surface area (Å²) in [5.74, 6) is -8.67. The minimum Gasteiger partial charge on any atom is -0.478 e. The van der Waals surface area contributed by atoms with Crippen LogP contribution in [0, 0.1) is 0 Å². The minimum absolute atomic E-state index is 0.536. The normalized spacial score (nSPS) is 15.2. The molecule has 0 fully saturated rings. The summed E-state index contributed by atoms with van der Waals surface area (Å²) in [6.45, 7) is 3.84. The van der Waals surface area contributed by atoms with E-state index < -0.39 is 40.9 Å². The van der Waals surface area contributed by atoms with E-state index in [1.54, 1.807) is 0 Å². The lowest BCUT2D eigenvalue weighted by molar-refractivity contribution is -0.283. The molecule has 0 radical (unpaired) electrons. The number of hydrogen-bond acceptors (Lipinski definition) is 3. The van der Waals surface area contributed by atoms with Gasteiger partial charge in [-0.2, -0.15) is 17.6 Å². The second-order valence-electron chi connectivity index (χ2n) is 6.11. The van der Waals surface area contributed by atoms with Gasteiger partial charge in [-0.1, -0.05) is 30.3 Å². The van der Waals surface area contributed by atoms with Gasteiger partial charge in [0, 0.05) is 5.56 Å². The molecule has 1 atom stereocenters. The first-order valence-corrected chi connectivity index (χ1v) is 6.90. The minimum atomic E-state index is -5.83. The summed E-state index contributed by atoms with van der Waals surface area (Å²) in [6, 6.07) is -1.07. The fourth-order valence-electron chi connectivity index (χ4n) is 1.83. The number of carbonyl (C=O) groups is 2. The molecule has 0 saturated heterocycles. The van der Waals surface area contributed by atoms with Crippen LogP contribution in [-0.4, -0.2) is 34.7 Å². The lowest BCUT2D eigenvalue weighted by Gasteiger charge is -2.35. The van der Waals surface area contributed by atoms with Gasteiger partial charge in [-0.05, 0) is 20.8 Å². The Labute approximate surface area is 139 Å². The van der Waals surface area contributed by atoms with Crippen LogP contribution in [0.1, 0.15) is 26.3 Å². The van der Waals surface area contributed by atoms with E-state index in [0.717, 1.165) is 12.1 Å². The zero-order valence-electron chi connectivity index (χ0n) is 13.4. The number of carbonyl (C=O) groups excluding carboxylic acids is 1. The molecule has 1 aromatic rings. The number of carboxylic acids is 1. The average molecular weight is 369 g/mol. The molecular formula is C15H16F5NO4. The number of alkyl halides is 5. The maximum absolute atomic E-state index is 14.7.